The van der Waals surface area contributed by atoms with Gasteiger partial charge in [-0.3, -0.25) is 0 Å². The van der Waals surface area contributed by atoms with Crippen LogP contribution in [0.4, 0.5) is 0 Å². The molecule has 0 spiro atoms. The SMILES string of the molecule is CCCCCc1ccccc1C(OC(c1ccccc1CCCCC)C1CO1)C1CO1. The third-order valence-corrected chi connectivity index (χ3v) is 6.51. The lowest BCUT2D eigenvalue weighted by atomic mass is 9.94. The lowest BCUT2D eigenvalue weighted by molar-refractivity contribution is -0.0426. The van der Waals surface area contributed by atoms with E-state index in [-0.39, 0.29) is 24.4 Å². The van der Waals surface area contributed by atoms with E-state index in [0.717, 1.165) is 26.1 Å². The van der Waals surface area contributed by atoms with Crippen molar-refractivity contribution in [2.45, 2.75) is 89.6 Å². The summed E-state index contributed by atoms with van der Waals surface area (Å²) in [5.41, 5.74) is 5.41. The van der Waals surface area contributed by atoms with Gasteiger partial charge < -0.3 is 14.2 Å². The molecule has 2 saturated heterocycles. The van der Waals surface area contributed by atoms with E-state index < -0.39 is 0 Å². The van der Waals surface area contributed by atoms with E-state index in [1.807, 2.05) is 0 Å². The number of benzene rings is 2. The van der Waals surface area contributed by atoms with E-state index >= 15 is 0 Å². The fourth-order valence-corrected chi connectivity index (χ4v) is 4.55. The van der Waals surface area contributed by atoms with Gasteiger partial charge in [0.05, 0.1) is 13.2 Å². The first kappa shape index (κ1) is 22.5. The molecular formula is C28H38O3. The fraction of sp³-hybridized carbons (Fsp3) is 0.571. The molecule has 31 heavy (non-hydrogen) atoms. The van der Waals surface area contributed by atoms with Gasteiger partial charge in [-0.15, -0.1) is 0 Å². The zero-order valence-corrected chi connectivity index (χ0v) is 19.2. The molecule has 0 aliphatic carbocycles. The average molecular weight is 423 g/mol. The molecule has 4 rings (SSSR count). The van der Waals surface area contributed by atoms with Gasteiger partial charge in [0.25, 0.3) is 0 Å². The molecule has 168 valence electrons. The second kappa shape index (κ2) is 11.3. The van der Waals surface area contributed by atoms with Crippen molar-refractivity contribution in [3.8, 4) is 0 Å². The Hall–Kier alpha value is -1.68. The Bertz CT molecular complexity index is 742. The monoisotopic (exact) mass is 422 g/mol. The van der Waals surface area contributed by atoms with Crippen molar-refractivity contribution in [3.63, 3.8) is 0 Å². The number of rotatable bonds is 14. The van der Waals surface area contributed by atoms with Crippen molar-refractivity contribution >= 4 is 0 Å². The quantitative estimate of drug-likeness (QED) is 0.249. The highest BCUT2D eigenvalue weighted by atomic mass is 16.6. The van der Waals surface area contributed by atoms with E-state index in [1.54, 1.807) is 0 Å². The first-order valence-electron chi connectivity index (χ1n) is 12.4. The van der Waals surface area contributed by atoms with Crippen LogP contribution in [0.5, 0.6) is 0 Å². The predicted molar refractivity (Wildman–Crippen MR) is 125 cm³/mol. The number of hydrogen-bond acceptors (Lipinski definition) is 3. The molecular weight excluding hydrogens is 384 g/mol. The van der Waals surface area contributed by atoms with Crippen LogP contribution in [0.3, 0.4) is 0 Å². The van der Waals surface area contributed by atoms with Crippen LogP contribution in [0.25, 0.3) is 0 Å². The van der Waals surface area contributed by atoms with Crippen LogP contribution < -0.4 is 0 Å². The summed E-state index contributed by atoms with van der Waals surface area (Å²) in [5, 5.41) is 0. The zero-order chi connectivity index (χ0) is 21.5. The van der Waals surface area contributed by atoms with Crippen molar-refractivity contribution in [1.82, 2.24) is 0 Å². The summed E-state index contributed by atoms with van der Waals surface area (Å²) in [4.78, 5) is 0. The Morgan fingerprint density at radius 2 is 1.13 bits per heavy atom. The molecule has 2 aromatic rings. The Balaban J connectivity index is 1.57. The van der Waals surface area contributed by atoms with Gasteiger partial charge in [0, 0.05) is 0 Å². The summed E-state index contributed by atoms with van der Waals surface area (Å²) in [6, 6.07) is 17.6. The van der Waals surface area contributed by atoms with Crippen LogP contribution in [-0.2, 0) is 27.1 Å². The minimum atomic E-state index is -0.0317. The maximum atomic E-state index is 6.91. The number of epoxide rings is 2. The number of ether oxygens (including phenoxy) is 3. The van der Waals surface area contributed by atoms with Crippen molar-refractivity contribution in [2.75, 3.05) is 13.2 Å². The van der Waals surface area contributed by atoms with Gasteiger partial charge in [-0.25, -0.2) is 0 Å². The summed E-state index contributed by atoms with van der Waals surface area (Å²) in [5.74, 6) is 0. The molecule has 2 aromatic carbocycles. The molecule has 0 radical (unpaired) electrons. The van der Waals surface area contributed by atoms with E-state index in [4.69, 9.17) is 14.2 Å². The van der Waals surface area contributed by atoms with Crippen molar-refractivity contribution in [1.29, 1.82) is 0 Å². The van der Waals surface area contributed by atoms with Gasteiger partial charge in [-0.05, 0) is 47.9 Å². The molecule has 4 atom stereocenters. The Morgan fingerprint density at radius 3 is 1.52 bits per heavy atom. The summed E-state index contributed by atoms with van der Waals surface area (Å²) < 4.78 is 18.5. The minimum absolute atomic E-state index is 0.0317. The predicted octanol–water partition coefficient (Wildman–Crippen LogP) is 6.75. The van der Waals surface area contributed by atoms with Gasteiger partial charge in [-0.1, -0.05) is 88.1 Å². The molecule has 2 aliphatic heterocycles. The maximum Gasteiger partial charge on any atom is 0.112 e. The average Bonchev–Trinajstić information content (AvgIpc) is 3.70. The minimum Gasteiger partial charge on any atom is -0.370 e. The van der Waals surface area contributed by atoms with Crippen LogP contribution in [-0.4, -0.2) is 25.4 Å². The van der Waals surface area contributed by atoms with Crippen LogP contribution in [0.15, 0.2) is 48.5 Å². The highest BCUT2D eigenvalue weighted by Gasteiger charge is 2.43. The van der Waals surface area contributed by atoms with Crippen molar-refractivity contribution < 1.29 is 14.2 Å². The molecule has 2 heterocycles. The van der Waals surface area contributed by atoms with Gasteiger partial charge in [-0.2, -0.15) is 0 Å². The van der Waals surface area contributed by atoms with Gasteiger partial charge >= 0.3 is 0 Å². The zero-order valence-electron chi connectivity index (χ0n) is 19.2. The first-order chi connectivity index (χ1) is 15.3. The Labute approximate surface area is 188 Å². The molecule has 0 aromatic heterocycles. The van der Waals surface area contributed by atoms with E-state index in [9.17, 15) is 0 Å². The highest BCUT2D eigenvalue weighted by Crippen LogP contribution is 2.42. The summed E-state index contributed by atoms with van der Waals surface area (Å²) >= 11 is 0. The molecule has 0 amide bonds. The third-order valence-electron chi connectivity index (χ3n) is 6.51. The van der Waals surface area contributed by atoms with Gasteiger partial charge in [0.2, 0.25) is 0 Å². The third kappa shape index (κ3) is 6.19. The molecule has 2 fully saturated rings. The molecule has 4 unspecified atom stereocenters. The second-order valence-electron chi connectivity index (χ2n) is 9.03. The number of aryl methyl sites for hydroxylation is 2. The topological polar surface area (TPSA) is 34.3 Å². The molecule has 0 saturated carbocycles. The maximum absolute atomic E-state index is 6.91. The lowest BCUT2D eigenvalue weighted by Gasteiger charge is -2.27. The van der Waals surface area contributed by atoms with E-state index in [0.29, 0.717) is 0 Å². The van der Waals surface area contributed by atoms with Crippen LogP contribution >= 0.6 is 0 Å². The van der Waals surface area contributed by atoms with Gasteiger partial charge in [0.15, 0.2) is 0 Å². The lowest BCUT2D eigenvalue weighted by Crippen LogP contribution is -2.21. The van der Waals surface area contributed by atoms with Crippen LogP contribution in [0.2, 0.25) is 0 Å². The Morgan fingerprint density at radius 1 is 0.710 bits per heavy atom. The molecule has 2 aliphatic rings. The normalized spacial score (nSPS) is 21.6. The summed E-state index contributed by atoms with van der Waals surface area (Å²) in [6.45, 7) is 6.08. The molecule has 0 N–H and O–H groups in total. The largest absolute Gasteiger partial charge is 0.370 e. The molecule has 3 heteroatoms. The first-order valence-corrected chi connectivity index (χ1v) is 12.4. The smallest absolute Gasteiger partial charge is 0.112 e. The fourth-order valence-electron chi connectivity index (χ4n) is 4.55. The molecule has 0 bridgehead atoms. The summed E-state index contributed by atoms with van der Waals surface area (Å²) in [6.07, 6.45) is 9.92. The van der Waals surface area contributed by atoms with Crippen molar-refractivity contribution in [3.05, 3.63) is 70.8 Å². The van der Waals surface area contributed by atoms with Crippen LogP contribution in [0, 0.1) is 0 Å². The highest BCUT2D eigenvalue weighted by molar-refractivity contribution is 5.33. The van der Waals surface area contributed by atoms with Crippen molar-refractivity contribution in [2.24, 2.45) is 0 Å². The standard InChI is InChI=1S/C28H38O3/c1-3-5-7-13-21-15-9-11-17-23(21)27(25-19-29-25)31-28(26-20-30-26)24-18-12-10-16-22(24)14-8-6-4-2/h9-12,15-18,25-28H,3-8,13-14,19-20H2,1-2H3. The van der Waals surface area contributed by atoms with E-state index in [1.165, 1.54) is 60.8 Å². The van der Waals surface area contributed by atoms with E-state index in [2.05, 4.69) is 62.4 Å². The number of hydrogen-bond donors (Lipinski definition) is 0. The molecule has 3 nitrogen and oxygen atoms in total. The second-order valence-corrected chi connectivity index (χ2v) is 9.03. The summed E-state index contributed by atoms with van der Waals surface area (Å²) in [7, 11) is 0. The number of unbranched alkanes of at least 4 members (excludes halogenated alkanes) is 4. The van der Waals surface area contributed by atoms with Crippen LogP contribution in [0.1, 0.15) is 86.8 Å². The Kier molecular flexibility index (Phi) is 8.18. The van der Waals surface area contributed by atoms with Gasteiger partial charge in [0.1, 0.15) is 24.4 Å².